The van der Waals surface area contributed by atoms with Crippen molar-refractivity contribution < 1.29 is 47.4 Å². The monoisotopic (exact) mass is 866 g/mol. The van der Waals surface area contributed by atoms with Gasteiger partial charge in [-0.25, -0.2) is 0 Å². The van der Waals surface area contributed by atoms with Gasteiger partial charge in [0.25, 0.3) is 0 Å². The molecular formula is C54H58O10. The first-order chi connectivity index (χ1) is 31.7. The van der Waals surface area contributed by atoms with Crippen LogP contribution < -0.4 is 0 Å². The Labute approximate surface area is 376 Å². The normalized spacial score (nSPS) is 24.4. The average molecular weight is 867 g/mol. The SMILES string of the molecule is CO[C@H]1O[C@H](COC2O[C@H](COCc3ccccc3)[C@@H](OCc3ccccc3)[C@H]2OCc2ccccc2)[C@@H](OCc2ccccc2)[C@H](OCc2ccccc2)[C@H]1OCc1ccccc1. The summed E-state index contributed by atoms with van der Waals surface area (Å²) in [6.45, 7) is 2.33. The molecule has 0 saturated carbocycles. The van der Waals surface area contributed by atoms with E-state index in [2.05, 4.69) is 0 Å². The molecule has 10 nitrogen and oxygen atoms in total. The maximum absolute atomic E-state index is 6.85. The van der Waals surface area contributed by atoms with Crippen molar-refractivity contribution in [2.75, 3.05) is 20.3 Å². The minimum atomic E-state index is -0.857. The molecule has 2 saturated heterocycles. The molecule has 0 aromatic heterocycles. The highest BCUT2D eigenvalue weighted by Crippen LogP contribution is 2.34. The van der Waals surface area contributed by atoms with Crippen molar-refractivity contribution in [3.05, 3.63) is 215 Å². The molecule has 2 aliphatic rings. The van der Waals surface area contributed by atoms with Gasteiger partial charge in [0.2, 0.25) is 0 Å². The first kappa shape index (κ1) is 45.5. The van der Waals surface area contributed by atoms with E-state index in [0.717, 1.165) is 33.4 Å². The third-order valence-corrected chi connectivity index (χ3v) is 11.3. The second-order valence-electron chi connectivity index (χ2n) is 16.0. The molecule has 2 aliphatic heterocycles. The summed E-state index contributed by atoms with van der Waals surface area (Å²) < 4.78 is 66.6. The molecule has 0 aliphatic carbocycles. The van der Waals surface area contributed by atoms with E-state index in [-0.39, 0.29) is 13.2 Å². The van der Waals surface area contributed by atoms with Crippen LogP contribution in [0.25, 0.3) is 0 Å². The maximum atomic E-state index is 6.85. The summed E-state index contributed by atoms with van der Waals surface area (Å²) in [5.41, 5.74) is 6.13. The van der Waals surface area contributed by atoms with Crippen LogP contribution in [0.1, 0.15) is 33.4 Å². The van der Waals surface area contributed by atoms with Gasteiger partial charge >= 0.3 is 0 Å². The number of hydrogen-bond acceptors (Lipinski definition) is 10. The summed E-state index contributed by atoms with van der Waals surface area (Å²) in [4.78, 5) is 0. The van der Waals surface area contributed by atoms with E-state index in [4.69, 9.17) is 47.4 Å². The zero-order chi connectivity index (χ0) is 43.6. The van der Waals surface area contributed by atoms with Gasteiger partial charge in [0.15, 0.2) is 12.6 Å². The van der Waals surface area contributed by atoms with Gasteiger partial charge < -0.3 is 47.4 Å². The Morgan fingerprint density at radius 1 is 0.312 bits per heavy atom. The third kappa shape index (κ3) is 13.0. The van der Waals surface area contributed by atoms with Crippen molar-refractivity contribution >= 4 is 0 Å². The van der Waals surface area contributed by atoms with Crippen LogP contribution in [0.4, 0.5) is 0 Å². The number of ether oxygens (including phenoxy) is 10. The first-order valence-corrected chi connectivity index (χ1v) is 22.0. The molecule has 334 valence electrons. The van der Waals surface area contributed by atoms with Gasteiger partial charge in [0, 0.05) is 7.11 Å². The van der Waals surface area contributed by atoms with Crippen molar-refractivity contribution in [2.24, 2.45) is 0 Å². The molecule has 2 heterocycles. The van der Waals surface area contributed by atoms with Crippen molar-refractivity contribution in [1.82, 2.24) is 0 Å². The summed E-state index contributed by atoms with van der Waals surface area (Å²) >= 11 is 0. The summed E-state index contributed by atoms with van der Waals surface area (Å²) in [6, 6.07) is 60.3. The summed E-state index contributed by atoms with van der Waals surface area (Å²) in [6.07, 6.45) is -5.97. The van der Waals surface area contributed by atoms with E-state index >= 15 is 0 Å². The molecule has 0 amide bonds. The third-order valence-electron chi connectivity index (χ3n) is 11.3. The van der Waals surface area contributed by atoms with Gasteiger partial charge in [-0.05, 0) is 33.4 Å². The smallest absolute Gasteiger partial charge is 0.187 e. The Morgan fingerprint density at radius 2 is 0.609 bits per heavy atom. The van der Waals surface area contributed by atoms with Crippen LogP contribution in [0.5, 0.6) is 0 Å². The zero-order valence-corrected chi connectivity index (χ0v) is 36.3. The van der Waals surface area contributed by atoms with Crippen LogP contribution in [0.15, 0.2) is 182 Å². The van der Waals surface area contributed by atoms with Gasteiger partial charge in [0.05, 0.1) is 52.9 Å². The molecule has 0 bridgehead atoms. The minimum Gasteiger partial charge on any atom is -0.374 e. The van der Waals surface area contributed by atoms with Gasteiger partial charge in [-0.2, -0.15) is 0 Å². The molecule has 0 N–H and O–H groups in total. The van der Waals surface area contributed by atoms with Gasteiger partial charge in [-0.15, -0.1) is 0 Å². The molecule has 2 fully saturated rings. The molecule has 6 aromatic carbocycles. The molecule has 10 heteroatoms. The fourth-order valence-electron chi connectivity index (χ4n) is 8.00. The topological polar surface area (TPSA) is 92.3 Å². The fourth-order valence-corrected chi connectivity index (χ4v) is 8.00. The van der Waals surface area contributed by atoms with E-state index in [1.54, 1.807) is 7.11 Å². The van der Waals surface area contributed by atoms with Gasteiger partial charge in [0.1, 0.15) is 42.7 Å². The maximum Gasteiger partial charge on any atom is 0.187 e. The Morgan fingerprint density at radius 3 is 1.00 bits per heavy atom. The Bertz CT molecular complexity index is 2170. The lowest BCUT2D eigenvalue weighted by Gasteiger charge is -2.45. The van der Waals surface area contributed by atoms with Gasteiger partial charge in [-0.3, -0.25) is 0 Å². The van der Waals surface area contributed by atoms with E-state index in [0.29, 0.717) is 39.6 Å². The van der Waals surface area contributed by atoms with E-state index in [1.807, 2.05) is 182 Å². The molecule has 9 atom stereocenters. The van der Waals surface area contributed by atoms with Crippen molar-refractivity contribution in [3.63, 3.8) is 0 Å². The Hall–Kier alpha value is -5.08. The molecule has 8 rings (SSSR count). The van der Waals surface area contributed by atoms with Gasteiger partial charge in [-0.1, -0.05) is 182 Å². The van der Waals surface area contributed by atoms with Crippen LogP contribution in [0.2, 0.25) is 0 Å². The first-order valence-electron chi connectivity index (χ1n) is 22.0. The lowest BCUT2D eigenvalue weighted by molar-refractivity contribution is -0.328. The zero-order valence-electron chi connectivity index (χ0n) is 36.3. The predicted molar refractivity (Wildman–Crippen MR) is 241 cm³/mol. The van der Waals surface area contributed by atoms with Crippen molar-refractivity contribution in [1.29, 1.82) is 0 Å². The molecule has 0 radical (unpaired) electrons. The quantitative estimate of drug-likeness (QED) is 0.0621. The summed E-state index contributed by atoms with van der Waals surface area (Å²) in [5.74, 6) is 0. The summed E-state index contributed by atoms with van der Waals surface area (Å²) in [7, 11) is 1.61. The number of methoxy groups -OCH3 is 1. The van der Waals surface area contributed by atoms with Crippen LogP contribution >= 0.6 is 0 Å². The highest BCUT2D eigenvalue weighted by molar-refractivity contribution is 5.18. The van der Waals surface area contributed by atoms with E-state index < -0.39 is 55.3 Å². The Balaban J connectivity index is 1.06. The lowest BCUT2D eigenvalue weighted by Crippen LogP contribution is -2.61. The highest BCUT2D eigenvalue weighted by atomic mass is 16.8. The Kier molecular flexibility index (Phi) is 17.3. The molecule has 6 aromatic rings. The molecule has 0 spiro atoms. The van der Waals surface area contributed by atoms with Crippen molar-refractivity contribution in [2.45, 2.75) is 94.9 Å². The lowest BCUT2D eigenvalue weighted by atomic mass is 9.97. The second-order valence-corrected chi connectivity index (χ2v) is 16.0. The van der Waals surface area contributed by atoms with E-state index in [9.17, 15) is 0 Å². The molecule has 64 heavy (non-hydrogen) atoms. The van der Waals surface area contributed by atoms with E-state index in [1.165, 1.54) is 0 Å². The number of benzene rings is 6. The minimum absolute atomic E-state index is 0.0504. The average Bonchev–Trinajstić information content (AvgIpc) is 3.69. The fraction of sp³-hybridized carbons (Fsp3) is 0.333. The second kappa shape index (κ2) is 24.3. The standard InChI is InChI=1S/C54H58O10/c1-55-53-52(61-37-45-30-18-7-19-31-45)50(59-35-43-26-14-5-15-27-43)48(57-33-41-22-10-3-11-23-41)47(63-53)39-62-54-51(60-36-44-28-16-6-17-29-44)49(58-34-42-24-12-4-13-25-42)46(64-54)38-56-32-40-20-8-2-9-21-40/h2-31,46-54H,32-39H2,1H3/t46-,47-,48-,49-,50+,51-,52-,53+,54?/m1/s1. The highest BCUT2D eigenvalue weighted by Gasteiger charge is 2.51. The number of hydrogen-bond donors (Lipinski definition) is 0. The number of rotatable bonds is 23. The predicted octanol–water partition coefficient (Wildman–Crippen LogP) is 9.24. The van der Waals surface area contributed by atoms with Crippen LogP contribution in [0.3, 0.4) is 0 Å². The van der Waals surface area contributed by atoms with Crippen LogP contribution in [0, 0.1) is 0 Å². The molecule has 1 unspecified atom stereocenters. The van der Waals surface area contributed by atoms with Crippen molar-refractivity contribution in [3.8, 4) is 0 Å². The van der Waals surface area contributed by atoms with Crippen LogP contribution in [-0.2, 0) is 87.0 Å². The van der Waals surface area contributed by atoms with Crippen LogP contribution in [-0.4, -0.2) is 75.6 Å². The summed E-state index contributed by atoms with van der Waals surface area (Å²) in [5, 5.41) is 0. The molecular weight excluding hydrogens is 809 g/mol. The largest absolute Gasteiger partial charge is 0.374 e.